The van der Waals surface area contributed by atoms with Crippen molar-refractivity contribution in [1.82, 2.24) is 10.3 Å². The van der Waals surface area contributed by atoms with Crippen molar-refractivity contribution >= 4 is 22.4 Å². The highest BCUT2D eigenvalue weighted by molar-refractivity contribution is 7.15. The maximum Gasteiger partial charge on any atom is 0.236 e. The van der Waals surface area contributed by atoms with Gasteiger partial charge < -0.3 is 10.6 Å². The van der Waals surface area contributed by atoms with Gasteiger partial charge in [-0.15, -0.1) is 11.3 Å². The number of hydrogen-bond donors (Lipinski definition) is 2. The zero-order valence-electron chi connectivity index (χ0n) is 13.9. The number of halogens is 1. The predicted molar refractivity (Wildman–Crippen MR) is 95.0 cm³/mol. The molecule has 0 atom stereocenters. The monoisotopic (exact) mass is 347 g/mol. The van der Waals surface area contributed by atoms with Gasteiger partial charge in [-0.05, 0) is 51.8 Å². The van der Waals surface area contributed by atoms with E-state index in [1.807, 2.05) is 6.20 Å². The van der Waals surface area contributed by atoms with Crippen LogP contribution in [0.5, 0.6) is 0 Å². The number of nitrogens with zero attached hydrogens (tertiary/aromatic N) is 1. The molecule has 1 aliphatic heterocycles. The normalized spacial score (nSPS) is 16.1. The third kappa shape index (κ3) is 3.49. The number of thiazole rings is 1. The molecule has 0 saturated carbocycles. The van der Waals surface area contributed by atoms with Crippen molar-refractivity contribution in [3.8, 4) is 0 Å². The Morgan fingerprint density at radius 2 is 2.04 bits per heavy atom. The summed E-state index contributed by atoms with van der Waals surface area (Å²) in [5.74, 6) is -0.111. The van der Waals surface area contributed by atoms with Crippen molar-refractivity contribution in [3.05, 3.63) is 46.7 Å². The molecule has 2 heterocycles. The zero-order valence-corrected chi connectivity index (χ0v) is 14.8. The quantitative estimate of drug-likeness (QED) is 0.887. The molecule has 4 nitrogen and oxygen atoms in total. The first-order valence-corrected chi connectivity index (χ1v) is 9.03. The number of piperidine rings is 1. The van der Waals surface area contributed by atoms with Gasteiger partial charge in [-0.3, -0.25) is 4.79 Å². The van der Waals surface area contributed by atoms with Crippen LogP contribution >= 0.6 is 11.3 Å². The molecule has 1 aromatic carbocycles. The van der Waals surface area contributed by atoms with Crippen LogP contribution in [0.4, 0.5) is 9.52 Å². The van der Waals surface area contributed by atoms with Crippen LogP contribution in [-0.4, -0.2) is 24.0 Å². The fraction of sp³-hybridized carbons (Fsp3) is 0.444. The molecule has 24 heavy (non-hydrogen) atoms. The van der Waals surface area contributed by atoms with Crippen LogP contribution in [0.1, 0.15) is 43.0 Å². The van der Waals surface area contributed by atoms with Crippen molar-refractivity contribution in [2.24, 2.45) is 0 Å². The highest BCUT2D eigenvalue weighted by Crippen LogP contribution is 2.33. The van der Waals surface area contributed by atoms with Crippen molar-refractivity contribution in [2.75, 3.05) is 18.4 Å². The van der Waals surface area contributed by atoms with Crippen LogP contribution < -0.4 is 10.6 Å². The molecule has 128 valence electrons. The predicted octanol–water partition coefficient (Wildman–Crippen LogP) is 3.67. The minimum absolute atomic E-state index is 0.251. The van der Waals surface area contributed by atoms with Crippen LogP contribution in [-0.2, 0) is 10.2 Å². The summed E-state index contributed by atoms with van der Waals surface area (Å²) in [5, 5.41) is 6.78. The van der Waals surface area contributed by atoms with Gasteiger partial charge in [-0.1, -0.05) is 18.2 Å². The number of carbonyl (C=O) groups is 1. The molecule has 0 radical (unpaired) electrons. The Morgan fingerprint density at radius 1 is 1.33 bits per heavy atom. The van der Waals surface area contributed by atoms with Gasteiger partial charge in [0.1, 0.15) is 5.82 Å². The maximum atomic E-state index is 14.0. The molecule has 1 fully saturated rings. The second kappa shape index (κ2) is 6.99. The molecule has 1 amide bonds. The van der Waals surface area contributed by atoms with Gasteiger partial charge in [-0.25, -0.2) is 9.37 Å². The highest BCUT2D eigenvalue weighted by atomic mass is 32.1. The number of aromatic nitrogens is 1. The van der Waals surface area contributed by atoms with Crippen LogP contribution in [0.2, 0.25) is 0 Å². The minimum atomic E-state index is -0.966. The van der Waals surface area contributed by atoms with E-state index in [0.29, 0.717) is 16.6 Å². The van der Waals surface area contributed by atoms with Gasteiger partial charge in [0.15, 0.2) is 5.13 Å². The zero-order chi connectivity index (χ0) is 17.2. The van der Waals surface area contributed by atoms with E-state index < -0.39 is 5.41 Å². The Kier molecular flexibility index (Phi) is 4.96. The van der Waals surface area contributed by atoms with E-state index >= 15 is 0 Å². The second-order valence-electron chi connectivity index (χ2n) is 6.65. The molecule has 1 aromatic heterocycles. The Hall–Kier alpha value is -1.79. The summed E-state index contributed by atoms with van der Waals surface area (Å²) >= 11 is 1.52. The van der Waals surface area contributed by atoms with Crippen molar-refractivity contribution < 1.29 is 9.18 Å². The molecule has 2 N–H and O–H groups in total. The van der Waals surface area contributed by atoms with E-state index in [9.17, 15) is 9.18 Å². The number of carbonyl (C=O) groups excluding carboxylic acids is 1. The standard InChI is InChI=1S/C18H22FN3OS/c1-18(2,13-5-3-4-6-14(13)19)16(23)22-17-21-11-15(24-17)12-7-9-20-10-8-12/h3-6,11-12,20H,7-10H2,1-2H3,(H,21,22,23). The minimum Gasteiger partial charge on any atom is -0.317 e. The van der Waals surface area contributed by atoms with Crippen molar-refractivity contribution in [3.63, 3.8) is 0 Å². The lowest BCUT2D eigenvalue weighted by molar-refractivity contribution is -0.120. The molecule has 1 aliphatic rings. The molecule has 0 bridgehead atoms. The molecular formula is C18H22FN3OS. The first-order valence-electron chi connectivity index (χ1n) is 8.21. The SMILES string of the molecule is CC(C)(C(=O)Nc1ncc(C2CCNCC2)s1)c1ccccc1F. The summed E-state index contributed by atoms with van der Waals surface area (Å²) in [6, 6.07) is 6.39. The maximum absolute atomic E-state index is 14.0. The smallest absolute Gasteiger partial charge is 0.236 e. The van der Waals surface area contributed by atoms with Gasteiger partial charge in [0.2, 0.25) is 5.91 Å². The van der Waals surface area contributed by atoms with E-state index in [0.717, 1.165) is 25.9 Å². The Balaban J connectivity index is 1.72. The van der Waals surface area contributed by atoms with Crippen LogP contribution in [0, 0.1) is 5.82 Å². The first-order chi connectivity index (χ1) is 11.5. The number of amides is 1. The van der Waals surface area contributed by atoms with Crippen LogP contribution in [0.15, 0.2) is 30.5 Å². The van der Waals surface area contributed by atoms with Gasteiger partial charge in [-0.2, -0.15) is 0 Å². The number of hydrogen-bond acceptors (Lipinski definition) is 4. The van der Waals surface area contributed by atoms with Gasteiger partial charge in [0.05, 0.1) is 5.41 Å². The Morgan fingerprint density at radius 3 is 2.75 bits per heavy atom. The number of anilines is 1. The molecule has 1 saturated heterocycles. The van der Waals surface area contributed by atoms with E-state index in [1.165, 1.54) is 22.3 Å². The second-order valence-corrected chi connectivity index (χ2v) is 7.71. The molecule has 0 aliphatic carbocycles. The molecular weight excluding hydrogens is 325 g/mol. The van der Waals surface area contributed by atoms with Crippen molar-refractivity contribution in [2.45, 2.75) is 38.0 Å². The van der Waals surface area contributed by atoms with Crippen LogP contribution in [0.25, 0.3) is 0 Å². The van der Waals surface area contributed by atoms with E-state index in [2.05, 4.69) is 15.6 Å². The summed E-state index contributed by atoms with van der Waals surface area (Å²) < 4.78 is 14.0. The fourth-order valence-electron chi connectivity index (χ4n) is 2.98. The Bertz CT molecular complexity index is 723. The first kappa shape index (κ1) is 17.0. The third-order valence-corrected chi connectivity index (χ3v) is 5.68. The average Bonchev–Trinajstić information content (AvgIpc) is 3.04. The van der Waals surface area contributed by atoms with E-state index in [4.69, 9.17) is 0 Å². The summed E-state index contributed by atoms with van der Waals surface area (Å²) in [4.78, 5) is 18.2. The Labute approximate surface area is 145 Å². The molecule has 0 spiro atoms. The number of nitrogens with one attached hydrogen (secondary N) is 2. The van der Waals surface area contributed by atoms with E-state index in [1.54, 1.807) is 32.0 Å². The third-order valence-electron chi connectivity index (χ3n) is 4.60. The number of rotatable bonds is 4. The van der Waals surface area contributed by atoms with Crippen LogP contribution in [0.3, 0.4) is 0 Å². The largest absolute Gasteiger partial charge is 0.317 e. The molecule has 6 heteroatoms. The molecule has 0 unspecified atom stereocenters. The van der Waals surface area contributed by atoms with Gasteiger partial charge in [0, 0.05) is 16.6 Å². The fourth-order valence-corrected chi connectivity index (χ4v) is 3.96. The van der Waals surface area contributed by atoms with E-state index in [-0.39, 0.29) is 11.7 Å². The lowest BCUT2D eigenvalue weighted by Crippen LogP contribution is -2.35. The summed E-state index contributed by atoms with van der Waals surface area (Å²) in [6.07, 6.45) is 4.04. The molecule has 3 rings (SSSR count). The van der Waals surface area contributed by atoms with Gasteiger partial charge >= 0.3 is 0 Å². The highest BCUT2D eigenvalue weighted by Gasteiger charge is 2.33. The topological polar surface area (TPSA) is 54.0 Å². The summed E-state index contributed by atoms with van der Waals surface area (Å²) in [7, 11) is 0. The molecule has 2 aromatic rings. The number of benzene rings is 1. The lowest BCUT2D eigenvalue weighted by atomic mass is 9.83. The lowest BCUT2D eigenvalue weighted by Gasteiger charge is -2.24. The average molecular weight is 347 g/mol. The van der Waals surface area contributed by atoms with Gasteiger partial charge in [0.25, 0.3) is 0 Å². The summed E-state index contributed by atoms with van der Waals surface area (Å²) in [6.45, 7) is 5.49. The van der Waals surface area contributed by atoms with Crippen molar-refractivity contribution in [1.29, 1.82) is 0 Å². The summed E-state index contributed by atoms with van der Waals surface area (Å²) in [5.41, 5.74) is -0.580.